The van der Waals surface area contributed by atoms with E-state index < -0.39 is 10.0 Å². The van der Waals surface area contributed by atoms with Crippen LogP contribution in [-0.4, -0.2) is 32.4 Å². The topological polar surface area (TPSA) is 75.7 Å². The molecular weight excluding hydrogens is 432 g/mol. The maximum Gasteiger partial charge on any atom is 0.261 e. The molecule has 3 aromatic rings. The number of sulfonamides is 1. The van der Waals surface area contributed by atoms with Crippen LogP contribution in [0, 0.1) is 6.92 Å². The summed E-state index contributed by atoms with van der Waals surface area (Å²) in [6.45, 7) is 3.60. The summed E-state index contributed by atoms with van der Waals surface area (Å²) in [4.78, 5) is 16.6. The SMILES string of the molecule is Cc1c(NS(=O)(=O)c2ccc3c(c2)CCO3)cccc1C(=O)N1CCc2sccc2C1. The van der Waals surface area contributed by atoms with Gasteiger partial charge in [0.05, 0.1) is 17.2 Å². The Kier molecular flexibility index (Phi) is 4.98. The quantitative estimate of drug-likeness (QED) is 0.647. The summed E-state index contributed by atoms with van der Waals surface area (Å²) < 4.78 is 34.1. The summed E-state index contributed by atoms with van der Waals surface area (Å²) in [6, 6.07) is 12.1. The van der Waals surface area contributed by atoms with Crippen LogP contribution < -0.4 is 9.46 Å². The molecule has 0 saturated heterocycles. The molecule has 6 nitrogen and oxygen atoms in total. The molecule has 2 aliphatic heterocycles. The Morgan fingerprint density at radius 3 is 2.87 bits per heavy atom. The molecule has 2 aliphatic rings. The van der Waals surface area contributed by atoms with Crippen molar-refractivity contribution in [3.05, 3.63) is 75.0 Å². The van der Waals surface area contributed by atoms with E-state index in [1.54, 1.807) is 54.7 Å². The summed E-state index contributed by atoms with van der Waals surface area (Å²) in [5.74, 6) is 0.656. The average Bonchev–Trinajstić information content (AvgIpc) is 3.42. The Bertz CT molecular complexity index is 1280. The number of hydrogen-bond acceptors (Lipinski definition) is 5. The van der Waals surface area contributed by atoms with Crippen LogP contribution in [0.25, 0.3) is 0 Å². The van der Waals surface area contributed by atoms with Gasteiger partial charge in [-0.15, -0.1) is 11.3 Å². The van der Waals surface area contributed by atoms with E-state index in [1.807, 2.05) is 4.90 Å². The lowest BCUT2D eigenvalue weighted by Gasteiger charge is -2.28. The fourth-order valence-corrected chi connectivity index (χ4v) is 6.17. The molecule has 0 fully saturated rings. The molecule has 1 N–H and O–H groups in total. The number of rotatable bonds is 4. The molecule has 1 aromatic heterocycles. The smallest absolute Gasteiger partial charge is 0.261 e. The number of carbonyl (C=O) groups is 1. The zero-order valence-electron chi connectivity index (χ0n) is 17.1. The number of anilines is 1. The number of ether oxygens (including phenoxy) is 1. The predicted octanol–water partition coefficient (Wildman–Crippen LogP) is 3.99. The fraction of sp³-hybridized carbons (Fsp3) is 0.261. The van der Waals surface area contributed by atoms with Crippen molar-refractivity contribution in [3.63, 3.8) is 0 Å². The highest BCUT2D eigenvalue weighted by Crippen LogP contribution is 2.30. The second-order valence-electron chi connectivity index (χ2n) is 7.80. The molecule has 160 valence electrons. The van der Waals surface area contributed by atoms with Gasteiger partial charge in [0.25, 0.3) is 15.9 Å². The Labute approximate surface area is 185 Å². The maximum atomic E-state index is 13.2. The standard InChI is InChI=1S/C23H22N2O4S2/c1-15-19(23(26)25-10-7-22-17(14-25)9-12-30-22)3-2-4-20(15)24-31(27,28)18-5-6-21-16(13-18)8-11-29-21/h2-6,9,12-13,24H,7-8,10-11,14H2,1H3. The van der Waals surface area contributed by atoms with Gasteiger partial charge in [-0.1, -0.05) is 6.07 Å². The molecule has 5 rings (SSSR count). The Balaban J connectivity index is 1.40. The van der Waals surface area contributed by atoms with Crippen molar-refractivity contribution < 1.29 is 17.9 Å². The van der Waals surface area contributed by atoms with E-state index in [0.717, 1.165) is 17.7 Å². The largest absolute Gasteiger partial charge is 0.493 e. The number of amides is 1. The van der Waals surface area contributed by atoms with Crippen LogP contribution in [0.3, 0.4) is 0 Å². The molecule has 3 heterocycles. The minimum absolute atomic E-state index is 0.0786. The number of benzene rings is 2. The number of nitrogens with one attached hydrogen (secondary N) is 1. The first-order chi connectivity index (χ1) is 14.9. The third-order valence-corrected chi connectivity index (χ3v) is 8.26. The van der Waals surface area contributed by atoms with Gasteiger partial charge in [0.2, 0.25) is 0 Å². The molecule has 0 atom stereocenters. The van der Waals surface area contributed by atoms with E-state index in [1.165, 1.54) is 10.4 Å². The third kappa shape index (κ3) is 3.70. The Hall–Kier alpha value is -2.84. The van der Waals surface area contributed by atoms with Gasteiger partial charge in [0.1, 0.15) is 5.75 Å². The van der Waals surface area contributed by atoms with E-state index in [-0.39, 0.29) is 10.8 Å². The normalized spacial score (nSPS) is 15.2. The summed E-state index contributed by atoms with van der Waals surface area (Å²) in [5, 5.41) is 2.06. The summed E-state index contributed by atoms with van der Waals surface area (Å²) >= 11 is 1.73. The third-order valence-electron chi connectivity index (χ3n) is 5.87. The van der Waals surface area contributed by atoms with Crippen LogP contribution in [0.15, 0.2) is 52.7 Å². The van der Waals surface area contributed by atoms with Gasteiger partial charge in [-0.2, -0.15) is 0 Å². The second kappa shape index (κ2) is 7.69. The summed E-state index contributed by atoms with van der Waals surface area (Å²) in [7, 11) is -3.79. The minimum atomic E-state index is -3.79. The number of thiophene rings is 1. The van der Waals surface area contributed by atoms with E-state index in [4.69, 9.17) is 4.74 Å². The zero-order valence-corrected chi connectivity index (χ0v) is 18.7. The lowest BCUT2D eigenvalue weighted by molar-refractivity contribution is 0.0735. The van der Waals surface area contributed by atoms with Gasteiger partial charge in [-0.25, -0.2) is 8.42 Å². The van der Waals surface area contributed by atoms with Gasteiger partial charge in [0, 0.05) is 30.0 Å². The van der Waals surface area contributed by atoms with Crippen molar-refractivity contribution in [1.29, 1.82) is 0 Å². The molecule has 0 radical (unpaired) electrons. The van der Waals surface area contributed by atoms with Crippen LogP contribution in [0.2, 0.25) is 0 Å². The molecule has 0 aliphatic carbocycles. The first-order valence-electron chi connectivity index (χ1n) is 10.1. The first kappa shape index (κ1) is 20.1. The van der Waals surface area contributed by atoms with Crippen molar-refractivity contribution >= 4 is 33.0 Å². The highest BCUT2D eigenvalue weighted by atomic mass is 32.2. The van der Waals surface area contributed by atoms with Crippen LogP contribution in [0.5, 0.6) is 5.75 Å². The number of fused-ring (bicyclic) bond motifs is 2. The summed E-state index contributed by atoms with van der Waals surface area (Å²) in [6.07, 6.45) is 1.55. The monoisotopic (exact) mass is 454 g/mol. The zero-order chi connectivity index (χ0) is 21.6. The molecule has 8 heteroatoms. The molecule has 2 aromatic carbocycles. The van der Waals surface area contributed by atoms with Gasteiger partial charge in [-0.05, 0) is 71.8 Å². The second-order valence-corrected chi connectivity index (χ2v) is 10.5. The van der Waals surface area contributed by atoms with Gasteiger partial charge in [0.15, 0.2) is 0 Å². The van der Waals surface area contributed by atoms with Gasteiger partial charge in [-0.3, -0.25) is 9.52 Å². The van der Waals surface area contributed by atoms with Crippen LogP contribution >= 0.6 is 11.3 Å². The van der Waals surface area contributed by atoms with E-state index in [0.29, 0.717) is 42.9 Å². The van der Waals surface area contributed by atoms with E-state index in [9.17, 15) is 13.2 Å². The molecule has 0 spiro atoms. The number of nitrogens with zero attached hydrogens (tertiary/aromatic N) is 1. The van der Waals surface area contributed by atoms with Crippen molar-refractivity contribution in [2.24, 2.45) is 0 Å². The van der Waals surface area contributed by atoms with Crippen molar-refractivity contribution in [3.8, 4) is 5.75 Å². The van der Waals surface area contributed by atoms with Gasteiger partial charge < -0.3 is 9.64 Å². The van der Waals surface area contributed by atoms with Crippen LogP contribution in [0.4, 0.5) is 5.69 Å². The van der Waals surface area contributed by atoms with Crippen molar-refractivity contribution in [2.75, 3.05) is 17.9 Å². The molecule has 1 amide bonds. The van der Waals surface area contributed by atoms with Crippen LogP contribution in [0.1, 0.15) is 31.9 Å². The molecular formula is C23H22N2O4S2. The predicted molar refractivity (Wildman–Crippen MR) is 120 cm³/mol. The average molecular weight is 455 g/mol. The Morgan fingerprint density at radius 1 is 1.13 bits per heavy atom. The van der Waals surface area contributed by atoms with Crippen LogP contribution in [-0.2, 0) is 29.4 Å². The first-order valence-corrected chi connectivity index (χ1v) is 12.5. The van der Waals surface area contributed by atoms with Crippen molar-refractivity contribution in [2.45, 2.75) is 31.2 Å². The minimum Gasteiger partial charge on any atom is -0.493 e. The molecule has 0 unspecified atom stereocenters. The summed E-state index contributed by atoms with van der Waals surface area (Å²) in [5.41, 5.74) is 3.63. The number of carbonyl (C=O) groups excluding carboxylic acids is 1. The highest BCUT2D eigenvalue weighted by Gasteiger charge is 2.25. The Morgan fingerprint density at radius 2 is 2.00 bits per heavy atom. The molecule has 0 saturated carbocycles. The number of hydrogen-bond donors (Lipinski definition) is 1. The lowest BCUT2D eigenvalue weighted by Crippen LogP contribution is -2.35. The van der Waals surface area contributed by atoms with Crippen molar-refractivity contribution in [1.82, 2.24) is 4.90 Å². The lowest BCUT2D eigenvalue weighted by atomic mass is 10.0. The highest BCUT2D eigenvalue weighted by molar-refractivity contribution is 7.92. The van der Waals surface area contributed by atoms with E-state index >= 15 is 0 Å². The fourth-order valence-electron chi connectivity index (χ4n) is 4.10. The van der Waals surface area contributed by atoms with Gasteiger partial charge >= 0.3 is 0 Å². The van der Waals surface area contributed by atoms with E-state index in [2.05, 4.69) is 16.2 Å². The molecule has 0 bridgehead atoms. The maximum absolute atomic E-state index is 13.2. The molecule has 31 heavy (non-hydrogen) atoms.